The summed E-state index contributed by atoms with van der Waals surface area (Å²) in [5.74, 6) is 0.354. The van der Waals surface area contributed by atoms with Gasteiger partial charge in [-0.3, -0.25) is 0 Å². The van der Waals surface area contributed by atoms with E-state index in [1.807, 2.05) is 13.8 Å². The summed E-state index contributed by atoms with van der Waals surface area (Å²) >= 11 is 1.28. The van der Waals surface area contributed by atoms with Crippen LogP contribution in [0.4, 0.5) is 9.52 Å². The van der Waals surface area contributed by atoms with Gasteiger partial charge in [-0.1, -0.05) is 16.5 Å². The van der Waals surface area contributed by atoms with Crippen molar-refractivity contribution < 1.29 is 8.91 Å². The van der Waals surface area contributed by atoms with Gasteiger partial charge in [0, 0.05) is 5.56 Å². The maximum atomic E-state index is 13.4. The Kier molecular flexibility index (Phi) is 2.98. The second-order valence-electron chi connectivity index (χ2n) is 4.41. The topological polar surface area (TPSA) is 77.8 Å². The van der Waals surface area contributed by atoms with E-state index < -0.39 is 0 Å². The van der Waals surface area contributed by atoms with Crippen LogP contribution in [0.25, 0.3) is 22.2 Å². The number of benzene rings is 1. The van der Waals surface area contributed by atoms with Crippen molar-refractivity contribution >= 4 is 16.5 Å². The monoisotopic (exact) mass is 290 g/mol. The molecule has 2 aromatic heterocycles. The highest BCUT2D eigenvalue weighted by Crippen LogP contribution is 2.31. The molecule has 20 heavy (non-hydrogen) atoms. The first kappa shape index (κ1) is 12.7. The van der Waals surface area contributed by atoms with Crippen molar-refractivity contribution in [2.24, 2.45) is 0 Å². The molecule has 0 amide bonds. The molecule has 1 aromatic carbocycles. The minimum absolute atomic E-state index is 0.329. The Balaban J connectivity index is 2.04. The Hall–Kier alpha value is -2.28. The number of halogens is 1. The van der Waals surface area contributed by atoms with Crippen molar-refractivity contribution in [1.82, 2.24) is 15.1 Å². The van der Waals surface area contributed by atoms with Crippen molar-refractivity contribution in [1.29, 1.82) is 0 Å². The standard InChI is InChI=1S/C13H11FN4OS/c1-6-3-8(5-9(14)4-6)11-17-12(19-18-11)10-7(2)16-13(15)20-10/h3-5H,1-2H3,(H2,15,16). The van der Waals surface area contributed by atoms with Crippen LogP contribution in [0.15, 0.2) is 22.7 Å². The molecule has 2 heterocycles. The number of aromatic nitrogens is 3. The van der Waals surface area contributed by atoms with E-state index in [1.165, 1.54) is 23.5 Å². The second kappa shape index (κ2) is 4.68. The van der Waals surface area contributed by atoms with Crippen LogP contribution in [0.1, 0.15) is 11.3 Å². The zero-order chi connectivity index (χ0) is 14.3. The van der Waals surface area contributed by atoms with E-state index in [1.54, 1.807) is 6.07 Å². The predicted molar refractivity (Wildman–Crippen MR) is 74.7 cm³/mol. The van der Waals surface area contributed by atoms with E-state index in [0.717, 1.165) is 16.1 Å². The van der Waals surface area contributed by atoms with Gasteiger partial charge < -0.3 is 10.3 Å². The molecule has 0 fully saturated rings. The number of nitrogens with two attached hydrogens (primary N) is 1. The van der Waals surface area contributed by atoms with Gasteiger partial charge in [-0.05, 0) is 37.6 Å². The summed E-state index contributed by atoms with van der Waals surface area (Å²) in [5.41, 5.74) is 7.75. The highest BCUT2D eigenvalue weighted by atomic mass is 32.1. The SMILES string of the molecule is Cc1cc(F)cc(-c2noc(-c3sc(N)nc3C)n2)c1. The number of aryl methyl sites for hydroxylation is 2. The number of hydrogen-bond donors (Lipinski definition) is 1. The zero-order valence-electron chi connectivity index (χ0n) is 10.8. The molecule has 7 heteroatoms. The van der Waals surface area contributed by atoms with E-state index in [4.69, 9.17) is 10.3 Å². The van der Waals surface area contributed by atoms with Crippen LogP contribution in [-0.2, 0) is 0 Å². The average Bonchev–Trinajstić information content (AvgIpc) is 2.94. The van der Waals surface area contributed by atoms with E-state index >= 15 is 0 Å². The largest absolute Gasteiger partial charge is 0.375 e. The molecule has 5 nitrogen and oxygen atoms in total. The number of anilines is 1. The van der Waals surface area contributed by atoms with Crippen molar-refractivity contribution in [3.63, 3.8) is 0 Å². The summed E-state index contributed by atoms with van der Waals surface area (Å²) in [5, 5.41) is 4.32. The van der Waals surface area contributed by atoms with Gasteiger partial charge in [0.15, 0.2) is 5.13 Å². The average molecular weight is 290 g/mol. The Labute approximate surface area is 118 Å². The first-order chi connectivity index (χ1) is 9.52. The molecule has 3 rings (SSSR count). The van der Waals surface area contributed by atoms with E-state index in [9.17, 15) is 4.39 Å². The number of nitrogen functional groups attached to an aromatic ring is 1. The maximum Gasteiger partial charge on any atom is 0.270 e. The lowest BCUT2D eigenvalue weighted by molar-refractivity contribution is 0.433. The summed E-state index contributed by atoms with van der Waals surface area (Å²) < 4.78 is 18.6. The minimum atomic E-state index is -0.329. The van der Waals surface area contributed by atoms with Crippen LogP contribution in [0.2, 0.25) is 0 Å². The number of hydrogen-bond acceptors (Lipinski definition) is 6. The molecular formula is C13H11FN4OS. The number of thiazole rings is 1. The van der Waals surface area contributed by atoms with E-state index in [0.29, 0.717) is 22.4 Å². The highest BCUT2D eigenvalue weighted by molar-refractivity contribution is 7.18. The molecule has 102 valence electrons. The van der Waals surface area contributed by atoms with Crippen LogP contribution < -0.4 is 5.73 Å². The summed E-state index contributed by atoms with van der Waals surface area (Å²) in [6.07, 6.45) is 0. The van der Waals surface area contributed by atoms with Gasteiger partial charge >= 0.3 is 0 Å². The third-order valence-electron chi connectivity index (χ3n) is 2.73. The fourth-order valence-corrected chi connectivity index (χ4v) is 2.67. The number of rotatable bonds is 2. The van der Waals surface area contributed by atoms with Gasteiger partial charge in [0.25, 0.3) is 5.89 Å². The van der Waals surface area contributed by atoms with Gasteiger partial charge in [-0.15, -0.1) is 0 Å². The normalized spacial score (nSPS) is 10.9. The summed E-state index contributed by atoms with van der Waals surface area (Å²) in [7, 11) is 0. The van der Waals surface area contributed by atoms with E-state index in [2.05, 4.69) is 15.1 Å². The maximum absolute atomic E-state index is 13.4. The second-order valence-corrected chi connectivity index (χ2v) is 5.44. The Morgan fingerprint density at radius 1 is 1.20 bits per heavy atom. The van der Waals surface area contributed by atoms with Crippen LogP contribution in [0.3, 0.4) is 0 Å². The van der Waals surface area contributed by atoms with E-state index in [-0.39, 0.29) is 5.82 Å². The summed E-state index contributed by atoms with van der Waals surface area (Å²) in [4.78, 5) is 9.11. The first-order valence-corrected chi connectivity index (χ1v) is 6.69. The van der Waals surface area contributed by atoms with Crippen LogP contribution in [0, 0.1) is 19.7 Å². The molecule has 0 aliphatic carbocycles. The van der Waals surface area contributed by atoms with Gasteiger partial charge in [-0.25, -0.2) is 9.37 Å². The molecule has 0 aliphatic rings. The molecule has 0 atom stereocenters. The fourth-order valence-electron chi connectivity index (χ4n) is 1.91. The molecule has 0 spiro atoms. The molecule has 0 radical (unpaired) electrons. The Morgan fingerprint density at radius 3 is 2.65 bits per heavy atom. The molecule has 0 saturated carbocycles. The van der Waals surface area contributed by atoms with Gasteiger partial charge in [0.1, 0.15) is 10.7 Å². The van der Waals surface area contributed by atoms with Gasteiger partial charge in [0.2, 0.25) is 5.82 Å². The molecule has 0 unspecified atom stereocenters. The van der Waals surface area contributed by atoms with Gasteiger partial charge in [-0.2, -0.15) is 4.98 Å². The van der Waals surface area contributed by atoms with Crippen LogP contribution in [-0.4, -0.2) is 15.1 Å². The fraction of sp³-hybridized carbons (Fsp3) is 0.154. The Bertz CT molecular complexity index is 760. The van der Waals surface area contributed by atoms with Crippen LogP contribution in [0.5, 0.6) is 0 Å². The molecule has 0 bridgehead atoms. The number of nitrogens with zero attached hydrogens (tertiary/aromatic N) is 3. The predicted octanol–water partition coefficient (Wildman–Crippen LogP) is 3.20. The zero-order valence-corrected chi connectivity index (χ0v) is 11.7. The lowest BCUT2D eigenvalue weighted by Gasteiger charge is -1.97. The first-order valence-electron chi connectivity index (χ1n) is 5.87. The van der Waals surface area contributed by atoms with Crippen molar-refractivity contribution in [3.8, 4) is 22.2 Å². The molecule has 2 N–H and O–H groups in total. The smallest absolute Gasteiger partial charge is 0.270 e. The summed E-state index contributed by atoms with van der Waals surface area (Å²) in [6.45, 7) is 3.63. The van der Waals surface area contributed by atoms with Crippen molar-refractivity contribution in [3.05, 3.63) is 35.3 Å². The van der Waals surface area contributed by atoms with Crippen molar-refractivity contribution in [2.45, 2.75) is 13.8 Å². The lowest BCUT2D eigenvalue weighted by atomic mass is 10.1. The summed E-state index contributed by atoms with van der Waals surface area (Å²) in [6, 6.07) is 4.61. The third-order valence-corrected chi connectivity index (χ3v) is 3.71. The highest BCUT2D eigenvalue weighted by Gasteiger charge is 2.16. The molecule has 0 aliphatic heterocycles. The lowest BCUT2D eigenvalue weighted by Crippen LogP contribution is -1.85. The molecular weight excluding hydrogens is 279 g/mol. The molecule has 3 aromatic rings. The van der Waals surface area contributed by atoms with Crippen molar-refractivity contribution in [2.75, 3.05) is 5.73 Å². The van der Waals surface area contributed by atoms with Gasteiger partial charge in [0.05, 0.1) is 5.69 Å². The van der Waals surface area contributed by atoms with Crippen LogP contribution >= 0.6 is 11.3 Å². The Morgan fingerprint density at radius 2 is 2.00 bits per heavy atom. The quantitative estimate of drug-likeness (QED) is 0.784. The minimum Gasteiger partial charge on any atom is -0.375 e. The third kappa shape index (κ3) is 2.27. The molecule has 0 saturated heterocycles.